The van der Waals surface area contributed by atoms with Crippen LogP contribution in [-0.2, 0) is 6.54 Å². The van der Waals surface area contributed by atoms with E-state index >= 15 is 0 Å². The van der Waals surface area contributed by atoms with Crippen molar-refractivity contribution in [3.05, 3.63) is 52.6 Å². The Labute approximate surface area is 135 Å². The molecule has 2 aromatic heterocycles. The number of hydrogen-bond acceptors (Lipinski definition) is 2. The first-order valence-corrected chi connectivity index (χ1v) is 8.36. The summed E-state index contributed by atoms with van der Waals surface area (Å²) < 4.78 is 2.14. The number of aromatic amines is 1. The number of rotatable bonds is 3. The summed E-state index contributed by atoms with van der Waals surface area (Å²) in [6, 6.07) is 8.03. The molecule has 118 valence electrons. The van der Waals surface area contributed by atoms with Gasteiger partial charge in [0.15, 0.2) is 0 Å². The van der Waals surface area contributed by atoms with Crippen LogP contribution in [0.4, 0.5) is 0 Å². The molecule has 0 unspecified atom stereocenters. The van der Waals surface area contributed by atoms with Crippen molar-refractivity contribution in [1.29, 1.82) is 0 Å². The quantitative estimate of drug-likeness (QED) is 0.798. The van der Waals surface area contributed by atoms with Crippen molar-refractivity contribution in [3.8, 4) is 11.4 Å². The summed E-state index contributed by atoms with van der Waals surface area (Å²) in [5, 5.41) is 1.05. The van der Waals surface area contributed by atoms with Crippen molar-refractivity contribution < 1.29 is 0 Å². The Morgan fingerprint density at radius 1 is 1.30 bits per heavy atom. The zero-order chi connectivity index (χ0) is 15.8. The molecule has 0 aliphatic heterocycles. The molecule has 2 heterocycles. The molecule has 0 radical (unpaired) electrons. The third-order valence-electron chi connectivity index (χ3n) is 4.97. The van der Waals surface area contributed by atoms with Crippen LogP contribution in [0.1, 0.15) is 31.2 Å². The monoisotopic (exact) mass is 307 g/mol. The fraction of sp³-hybridized carbons (Fsp3) is 0.368. The van der Waals surface area contributed by atoms with Crippen LogP contribution in [0.15, 0.2) is 41.5 Å². The maximum absolute atomic E-state index is 12.6. The highest BCUT2D eigenvalue weighted by Gasteiger charge is 2.18. The smallest absolute Gasteiger partial charge is 0.259 e. The summed E-state index contributed by atoms with van der Waals surface area (Å²) in [7, 11) is 0. The van der Waals surface area contributed by atoms with Crippen molar-refractivity contribution in [1.82, 2.24) is 14.5 Å². The molecule has 0 bridgehead atoms. The van der Waals surface area contributed by atoms with Gasteiger partial charge in [0.05, 0.1) is 11.1 Å². The molecule has 1 saturated carbocycles. The topological polar surface area (TPSA) is 50.7 Å². The molecule has 4 rings (SSSR count). The number of pyridine rings is 1. The molecule has 1 N–H and O–H groups in total. The van der Waals surface area contributed by atoms with Crippen LogP contribution in [0.25, 0.3) is 22.3 Å². The van der Waals surface area contributed by atoms with Crippen LogP contribution in [-0.4, -0.2) is 14.5 Å². The number of aromatic nitrogens is 3. The summed E-state index contributed by atoms with van der Waals surface area (Å²) in [6.07, 6.45) is 9.00. The van der Waals surface area contributed by atoms with Gasteiger partial charge in [-0.1, -0.05) is 31.0 Å². The number of benzene rings is 1. The molecule has 1 aromatic carbocycles. The van der Waals surface area contributed by atoms with Gasteiger partial charge >= 0.3 is 0 Å². The Morgan fingerprint density at radius 2 is 2.13 bits per heavy atom. The second-order valence-corrected chi connectivity index (χ2v) is 6.60. The molecule has 3 aromatic rings. The van der Waals surface area contributed by atoms with E-state index in [0.717, 1.165) is 28.8 Å². The molecule has 4 heteroatoms. The first-order chi connectivity index (χ1) is 11.2. The highest BCUT2D eigenvalue weighted by Crippen LogP contribution is 2.28. The van der Waals surface area contributed by atoms with Crippen molar-refractivity contribution in [2.45, 2.75) is 39.2 Å². The number of fused-ring (bicyclic) bond motifs is 1. The van der Waals surface area contributed by atoms with Gasteiger partial charge in [0.1, 0.15) is 5.82 Å². The van der Waals surface area contributed by atoms with Crippen molar-refractivity contribution in [2.24, 2.45) is 5.92 Å². The molecular weight excluding hydrogens is 286 g/mol. The van der Waals surface area contributed by atoms with E-state index in [1.165, 1.54) is 25.7 Å². The van der Waals surface area contributed by atoms with Gasteiger partial charge in [0.25, 0.3) is 5.56 Å². The number of H-pyrrole nitrogens is 1. The van der Waals surface area contributed by atoms with Crippen LogP contribution in [0.5, 0.6) is 0 Å². The minimum atomic E-state index is -0.0642. The lowest BCUT2D eigenvalue weighted by Crippen LogP contribution is -2.14. The van der Waals surface area contributed by atoms with Crippen LogP contribution in [0.3, 0.4) is 0 Å². The second-order valence-electron chi connectivity index (χ2n) is 6.60. The van der Waals surface area contributed by atoms with Crippen molar-refractivity contribution in [3.63, 3.8) is 0 Å². The third-order valence-corrected chi connectivity index (χ3v) is 4.97. The standard InChI is InChI=1S/C19H21N3O/c1-13-5-4-8-15-11-16(19(23)21-17(13)15)18-20-9-10-22(18)12-14-6-2-3-7-14/h4-5,8-11,14H,2-3,6-7,12H2,1H3,(H,21,23). The van der Waals surface area contributed by atoms with Gasteiger partial charge in [-0.25, -0.2) is 4.98 Å². The van der Waals surface area contributed by atoms with E-state index in [-0.39, 0.29) is 5.56 Å². The number of hydrogen-bond donors (Lipinski definition) is 1. The molecule has 1 aliphatic carbocycles. The number of para-hydroxylation sites is 1. The van der Waals surface area contributed by atoms with Gasteiger partial charge in [-0.3, -0.25) is 4.79 Å². The van der Waals surface area contributed by atoms with E-state index in [2.05, 4.69) is 14.5 Å². The number of nitrogens with one attached hydrogen (secondary N) is 1. The summed E-state index contributed by atoms with van der Waals surface area (Å²) in [4.78, 5) is 20.1. The highest BCUT2D eigenvalue weighted by atomic mass is 16.1. The molecule has 1 fully saturated rings. The molecule has 23 heavy (non-hydrogen) atoms. The minimum absolute atomic E-state index is 0.0642. The number of imidazole rings is 1. The van der Waals surface area contributed by atoms with E-state index in [1.807, 2.05) is 37.4 Å². The van der Waals surface area contributed by atoms with Gasteiger partial charge in [-0.15, -0.1) is 0 Å². The maximum atomic E-state index is 12.6. The van der Waals surface area contributed by atoms with Gasteiger partial charge in [0.2, 0.25) is 0 Å². The predicted octanol–water partition coefficient (Wildman–Crippen LogP) is 3.89. The average Bonchev–Trinajstić information content (AvgIpc) is 3.20. The Hall–Kier alpha value is -2.36. The van der Waals surface area contributed by atoms with Gasteiger partial charge in [-0.05, 0) is 42.7 Å². The van der Waals surface area contributed by atoms with Gasteiger partial charge in [-0.2, -0.15) is 0 Å². The largest absolute Gasteiger partial charge is 0.331 e. The lowest BCUT2D eigenvalue weighted by Gasteiger charge is -2.13. The summed E-state index contributed by atoms with van der Waals surface area (Å²) in [5.74, 6) is 1.49. The Morgan fingerprint density at radius 3 is 2.96 bits per heavy atom. The fourth-order valence-electron chi connectivity index (χ4n) is 3.72. The van der Waals surface area contributed by atoms with E-state index in [0.29, 0.717) is 11.5 Å². The lowest BCUT2D eigenvalue weighted by molar-refractivity contribution is 0.460. The molecule has 1 aliphatic rings. The van der Waals surface area contributed by atoms with E-state index in [1.54, 1.807) is 6.20 Å². The van der Waals surface area contributed by atoms with Crippen LogP contribution < -0.4 is 5.56 Å². The molecule has 0 amide bonds. The predicted molar refractivity (Wildman–Crippen MR) is 92.5 cm³/mol. The van der Waals surface area contributed by atoms with E-state index < -0.39 is 0 Å². The summed E-state index contributed by atoms with van der Waals surface area (Å²) >= 11 is 0. The fourth-order valence-corrected chi connectivity index (χ4v) is 3.72. The van der Waals surface area contributed by atoms with Crippen molar-refractivity contribution in [2.75, 3.05) is 0 Å². The molecular formula is C19H21N3O. The van der Waals surface area contributed by atoms with E-state index in [4.69, 9.17) is 0 Å². The van der Waals surface area contributed by atoms with Gasteiger partial charge < -0.3 is 9.55 Å². The highest BCUT2D eigenvalue weighted by molar-refractivity contribution is 5.84. The van der Waals surface area contributed by atoms with E-state index in [9.17, 15) is 4.79 Å². The van der Waals surface area contributed by atoms with Gasteiger partial charge in [0, 0.05) is 18.9 Å². The zero-order valence-corrected chi connectivity index (χ0v) is 13.4. The molecule has 0 atom stereocenters. The lowest BCUT2D eigenvalue weighted by atomic mass is 10.1. The van der Waals surface area contributed by atoms with Crippen LogP contribution >= 0.6 is 0 Å². The normalized spacial score (nSPS) is 15.5. The number of aryl methyl sites for hydroxylation is 1. The summed E-state index contributed by atoms with van der Waals surface area (Å²) in [5.41, 5.74) is 2.59. The molecule has 4 nitrogen and oxygen atoms in total. The molecule has 0 spiro atoms. The number of nitrogens with zero attached hydrogens (tertiary/aromatic N) is 2. The second kappa shape index (κ2) is 5.69. The Kier molecular flexibility index (Phi) is 3.52. The zero-order valence-electron chi connectivity index (χ0n) is 13.4. The summed E-state index contributed by atoms with van der Waals surface area (Å²) in [6.45, 7) is 2.97. The first kappa shape index (κ1) is 14.2. The molecule has 0 saturated heterocycles. The maximum Gasteiger partial charge on any atom is 0.259 e. The van der Waals surface area contributed by atoms with Crippen LogP contribution in [0.2, 0.25) is 0 Å². The third kappa shape index (κ3) is 2.58. The first-order valence-electron chi connectivity index (χ1n) is 8.36. The Balaban J connectivity index is 1.79. The van der Waals surface area contributed by atoms with Crippen molar-refractivity contribution >= 4 is 10.9 Å². The SMILES string of the molecule is Cc1cccc2cc(-c3nccn3CC3CCCC3)c(=O)[nH]c12. The Bertz CT molecular complexity index is 900. The van der Waals surface area contributed by atoms with Crippen LogP contribution in [0, 0.1) is 12.8 Å². The minimum Gasteiger partial charge on any atom is -0.331 e. The average molecular weight is 307 g/mol.